The Morgan fingerprint density at radius 2 is 1.80 bits per heavy atom. The van der Waals surface area contributed by atoms with Gasteiger partial charge in [-0.2, -0.15) is 5.26 Å². The van der Waals surface area contributed by atoms with E-state index in [0.29, 0.717) is 22.2 Å². The Balaban J connectivity index is 1.78. The van der Waals surface area contributed by atoms with Crippen LogP contribution in [0.15, 0.2) is 47.4 Å². The van der Waals surface area contributed by atoms with Gasteiger partial charge in [0.15, 0.2) is 0 Å². The molecule has 0 amide bonds. The van der Waals surface area contributed by atoms with Crippen LogP contribution in [0.4, 0.5) is 0 Å². The van der Waals surface area contributed by atoms with Crippen LogP contribution in [-0.2, 0) is 0 Å². The Bertz CT molecular complexity index is 623. The van der Waals surface area contributed by atoms with E-state index in [2.05, 4.69) is 6.07 Å². The van der Waals surface area contributed by atoms with Gasteiger partial charge in [0.1, 0.15) is 5.75 Å². The van der Waals surface area contributed by atoms with Gasteiger partial charge in [0, 0.05) is 10.6 Å². The second-order valence-corrected chi connectivity index (χ2v) is 5.89. The number of benzene rings is 2. The Hall–Kier alpha value is -1.34. The van der Waals surface area contributed by atoms with Crippen molar-refractivity contribution < 1.29 is 4.74 Å². The van der Waals surface area contributed by atoms with Crippen LogP contribution in [0.3, 0.4) is 0 Å². The fourth-order valence-corrected chi connectivity index (χ4v) is 2.64. The Labute approximate surface area is 132 Å². The van der Waals surface area contributed by atoms with E-state index >= 15 is 0 Å². The van der Waals surface area contributed by atoms with Crippen LogP contribution in [0.25, 0.3) is 0 Å². The highest BCUT2D eigenvalue weighted by Crippen LogP contribution is 2.27. The largest absolute Gasteiger partial charge is 0.493 e. The van der Waals surface area contributed by atoms with E-state index in [-0.39, 0.29) is 0 Å². The molecule has 5 heteroatoms. The Kier molecular flexibility index (Phi) is 5.60. The van der Waals surface area contributed by atoms with Crippen molar-refractivity contribution in [3.63, 3.8) is 0 Å². The van der Waals surface area contributed by atoms with E-state index in [4.69, 9.17) is 33.2 Å². The molecule has 102 valence electrons. The minimum absolute atomic E-state index is 0.560. The summed E-state index contributed by atoms with van der Waals surface area (Å²) in [6.07, 6.45) is 0. The standard InChI is InChI=1S/C15H11Cl2NOS/c16-14-6-5-13(9-15(14)17)20-8-7-19-12-3-1-11(10-18)2-4-12/h1-6,9H,7-8H2. The van der Waals surface area contributed by atoms with Gasteiger partial charge >= 0.3 is 0 Å². The van der Waals surface area contributed by atoms with Crippen molar-refractivity contribution >= 4 is 35.0 Å². The highest BCUT2D eigenvalue weighted by atomic mass is 35.5. The molecule has 2 nitrogen and oxygen atoms in total. The molecule has 2 aromatic rings. The van der Waals surface area contributed by atoms with E-state index < -0.39 is 0 Å². The maximum Gasteiger partial charge on any atom is 0.119 e. The predicted octanol–water partition coefficient (Wildman–Crippen LogP) is 5.04. The molecule has 0 unspecified atom stereocenters. The normalized spacial score (nSPS) is 10.1. The number of nitriles is 1. The molecule has 0 aliphatic heterocycles. The number of halogens is 2. The van der Waals surface area contributed by atoms with Crippen molar-refractivity contribution in [3.8, 4) is 11.8 Å². The molecule has 0 heterocycles. The van der Waals surface area contributed by atoms with Gasteiger partial charge in [0.2, 0.25) is 0 Å². The molecule has 0 bridgehead atoms. The molecule has 20 heavy (non-hydrogen) atoms. The van der Waals surface area contributed by atoms with Crippen LogP contribution in [-0.4, -0.2) is 12.4 Å². The maximum absolute atomic E-state index is 8.70. The third kappa shape index (κ3) is 4.35. The van der Waals surface area contributed by atoms with E-state index in [9.17, 15) is 0 Å². The highest BCUT2D eigenvalue weighted by molar-refractivity contribution is 7.99. The lowest BCUT2D eigenvalue weighted by Crippen LogP contribution is -1.99. The first-order valence-electron chi connectivity index (χ1n) is 5.90. The average Bonchev–Trinajstić information content (AvgIpc) is 2.48. The van der Waals surface area contributed by atoms with Crippen molar-refractivity contribution in [2.45, 2.75) is 4.90 Å². The summed E-state index contributed by atoms with van der Waals surface area (Å²) in [6.45, 7) is 0.580. The molecule has 0 aliphatic rings. The Morgan fingerprint density at radius 1 is 1.05 bits per heavy atom. The van der Waals surface area contributed by atoms with Crippen molar-refractivity contribution in [3.05, 3.63) is 58.1 Å². The van der Waals surface area contributed by atoms with Gasteiger partial charge in [-0.25, -0.2) is 0 Å². The molecule has 2 rings (SSSR count). The summed E-state index contributed by atoms with van der Waals surface area (Å²) >= 11 is 13.5. The summed E-state index contributed by atoms with van der Waals surface area (Å²) < 4.78 is 5.59. The molecular formula is C15H11Cl2NOS. The van der Waals surface area contributed by atoms with Crippen LogP contribution in [0.5, 0.6) is 5.75 Å². The molecule has 0 radical (unpaired) electrons. The number of nitrogens with zero attached hydrogens (tertiary/aromatic N) is 1. The molecule has 0 saturated heterocycles. The quantitative estimate of drug-likeness (QED) is 0.571. The minimum atomic E-state index is 0.560. The maximum atomic E-state index is 8.70. The second-order valence-electron chi connectivity index (χ2n) is 3.91. The van der Waals surface area contributed by atoms with Crippen molar-refractivity contribution in [1.29, 1.82) is 5.26 Å². The van der Waals surface area contributed by atoms with Gasteiger partial charge in [0.05, 0.1) is 28.3 Å². The summed E-state index contributed by atoms with van der Waals surface area (Å²) in [7, 11) is 0. The zero-order chi connectivity index (χ0) is 14.4. The lowest BCUT2D eigenvalue weighted by Gasteiger charge is -2.06. The second kappa shape index (κ2) is 7.44. The summed E-state index contributed by atoms with van der Waals surface area (Å²) in [4.78, 5) is 1.06. The minimum Gasteiger partial charge on any atom is -0.493 e. The van der Waals surface area contributed by atoms with Crippen LogP contribution in [0.1, 0.15) is 5.56 Å². The number of thioether (sulfide) groups is 1. The first kappa shape index (κ1) is 15.1. The first-order chi connectivity index (χ1) is 9.69. The van der Waals surface area contributed by atoms with Gasteiger partial charge < -0.3 is 4.74 Å². The molecule has 0 spiro atoms. The predicted molar refractivity (Wildman–Crippen MR) is 83.8 cm³/mol. The molecule has 0 aliphatic carbocycles. The van der Waals surface area contributed by atoms with Crippen LogP contribution in [0.2, 0.25) is 10.0 Å². The van der Waals surface area contributed by atoms with Crippen molar-refractivity contribution in [2.75, 3.05) is 12.4 Å². The summed E-state index contributed by atoms with van der Waals surface area (Å²) in [5.41, 5.74) is 0.627. The zero-order valence-electron chi connectivity index (χ0n) is 10.5. The van der Waals surface area contributed by atoms with Gasteiger partial charge in [-0.05, 0) is 42.5 Å². The molecule has 0 aromatic heterocycles. The van der Waals surface area contributed by atoms with Gasteiger partial charge in [-0.3, -0.25) is 0 Å². The summed E-state index contributed by atoms with van der Waals surface area (Å²) in [5, 5.41) is 9.82. The zero-order valence-corrected chi connectivity index (χ0v) is 12.8. The van der Waals surface area contributed by atoms with Crippen LogP contribution < -0.4 is 4.74 Å². The fourth-order valence-electron chi connectivity index (χ4n) is 1.51. The number of hydrogen-bond acceptors (Lipinski definition) is 3. The monoisotopic (exact) mass is 323 g/mol. The van der Waals surface area contributed by atoms with Crippen LogP contribution >= 0.6 is 35.0 Å². The molecule has 0 atom stereocenters. The van der Waals surface area contributed by atoms with Crippen molar-refractivity contribution in [2.24, 2.45) is 0 Å². The topological polar surface area (TPSA) is 33.0 Å². The smallest absolute Gasteiger partial charge is 0.119 e. The van der Waals surface area contributed by atoms with Gasteiger partial charge in [-0.1, -0.05) is 23.2 Å². The lowest BCUT2D eigenvalue weighted by atomic mass is 10.2. The van der Waals surface area contributed by atoms with E-state index in [1.54, 1.807) is 42.1 Å². The molecule has 2 aromatic carbocycles. The van der Waals surface area contributed by atoms with Gasteiger partial charge in [-0.15, -0.1) is 11.8 Å². The molecule has 0 N–H and O–H groups in total. The third-order valence-corrected chi connectivity index (χ3v) is 4.19. The Morgan fingerprint density at radius 3 is 2.45 bits per heavy atom. The third-order valence-electron chi connectivity index (χ3n) is 2.50. The lowest BCUT2D eigenvalue weighted by molar-refractivity contribution is 0.344. The molecule has 0 saturated carbocycles. The molecule has 0 fully saturated rings. The first-order valence-corrected chi connectivity index (χ1v) is 7.64. The number of ether oxygens (including phenoxy) is 1. The van der Waals surface area contributed by atoms with E-state index in [0.717, 1.165) is 16.4 Å². The van der Waals surface area contributed by atoms with Gasteiger partial charge in [0.25, 0.3) is 0 Å². The number of hydrogen-bond donors (Lipinski definition) is 0. The van der Waals surface area contributed by atoms with Crippen LogP contribution in [0, 0.1) is 11.3 Å². The number of rotatable bonds is 5. The summed E-state index contributed by atoms with van der Waals surface area (Å²) in [6, 6.07) is 14.7. The summed E-state index contributed by atoms with van der Waals surface area (Å²) in [5.74, 6) is 1.57. The molecular weight excluding hydrogens is 313 g/mol. The SMILES string of the molecule is N#Cc1ccc(OCCSc2ccc(Cl)c(Cl)c2)cc1. The van der Waals surface area contributed by atoms with E-state index in [1.165, 1.54) is 0 Å². The fraction of sp³-hybridized carbons (Fsp3) is 0.133. The van der Waals surface area contributed by atoms with E-state index in [1.807, 2.05) is 12.1 Å². The average molecular weight is 324 g/mol. The van der Waals surface area contributed by atoms with Crippen molar-refractivity contribution in [1.82, 2.24) is 0 Å². The highest BCUT2D eigenvalue weighted by Gasteiger charge is 2.00.